The van der Waals surface area contributed by atoms with Crippen molar-refractivity contribution < 1.29 is 17.9 Å². The van der Waals surface area contributed by atoms with E-state index in [9.17, 15) is 13.2 Å². The van der Waals surface area contributed by atoms with Crippen molar-refractivity contribution in [2.75, 3.05) is 0 Å². The van der Waals surface area contributed by atoms with Crippen LogP contribution in [-0.2, 0) is 0 Å². The number of ether oxygens (including phenoxy) is 1. The van der Waals surface area contributed by atoms with Crippen LogP contribution in [0.2, 0.25) is 0 Å². The summed E-state index contributed by atoms with van der Waals surface area (Å²) in [5.41, 5.74) is 0.872. The average Bonchev–Trinajstić information content (AvgIpc) is 2.18. The summed E-state index contributed by atoms with van der Waals surface area (Å²) in [7, 11) is 0. The molecule has 0 aliphatic rings. The first-order valence-electron chi connectivity index (χ1n) is 4.51. The van der Waals surface area contributed by atoms with Crippen LogP contribution in [0.1, 0.15) is 18.4 Å². The van der Waals surface area contributed by atoms with Gasteiger partial charge in [-0.3, -0.25) is 0 Å². The summed E-state index contributed by atoms with van der Waals surface area (Å²) in [6, 6.07) is 4.46. The number of allylic oxidation sites excluding steroid dienone is 1. The fourth-order valence-corrected chi connectivity index (χ4v) is 1.62. The molecule has 1 nitrogen and oxygen atoms in total. The molecule has 0 amide bonds. The molecule has 1 unspecified atom stereocenters. The number of alkyl halides is 3. The Morgan fingerprint density at radius 1 is 1.44 bits per heavy atom. The summed E-state index contributed by atoms with van der Waals surface area (Å²) < 4.78 is 40.1. The van der Waals surface area contributed by atoms with Crippen LogP contribution in [0.15, 0.2) is 35.3 Å². The maximum atomic E-state index is 12.0. The van der Waals surface area contributed by atoms with E-state index in [4.69, 9.17) is 0 Å². The van der Waals surface area contributed by atoms with Gasteiger partial charge in [-0.15, -0.1) is 19.8 Å². The molecular weight excluding hydrogens is 285 g/mol. The number of hydrogen-bond acceptors (Lipinski definition) is 1. The third-order valence-electron chi connectivity index (χ3n) is 2.06. The maximum Gasteiger partial charge on any atom is 0.573 e. The van der Waals surface area contributed by atoms with Gasteiger partial charge in [0.1, 0.15) is 5.75 Å². The second-order valence-corrected chi connectivity index (χ2v) is 4.12. The van der Waals surface area contributed by atoms with Crippen molar-refractivity contribution >= 4 is 15.9 Å². The van der Waals surface area contributed by atoms with Crippen molar-refractivity contribution in [2.45, 2.75) is 19.2 Å². The SMILES string of the molecule is C=CC(C)c1ccc(OC(F)(F)F)c(Br)c1. The van der Waals surface area contributed by atoms with Gasteiger partial charge in [0.15, 0.2) is 0 Å². The lowest BCUT2D eigenvalue weighted by molar-refractivity contribution is -0.274. The average molecular weight is 295 g/mol. The van der Waals surface area contributed by atoms with Gasteiger partial charge in [-0.05, 0) is 39.5 Å². The van der Waals surface area contributed by atoms with Gasteiger partial charge in [-0.2, -0.15) is 0 Å². The van der Waals surface area contributed by atoms with Crippen LogP contribution in [-0.4, -0.2) is 6.36 Å². The molecule has 1 aromatic carbocycles. The molecule has 1 atom stereocenters. The van der Waals surface area contributed by atoms with Crippen LogP contribution in [0.3, 0.4) is 0 Å². The first kappa shape index (κ1) is 13.1. The molecule has 5 heteroatoms. The third kappa shape index (κ3) is 3.56. The Bertz CT molecular complexity index is 387. The highest BCUT2D eigenvalue weighted by Crippen LogP contribution is 2.32. The van der Waals surface area contributed by atoms with E-state index in [1.807, 2.05) is 6.92 Å². The van der Waals surface area contributed by atoms with Gasteiger partial charge in [-0.1, -0.05) is 19.1 Å². The Morgan fingerprint density at radius 3 is 2.50 bits per heavy atom. The Kier molecular flexibility index (Phi) is 4.02. The van der Waals surface area contributed by atoms with Gasteiger partial charge < -0.3 is 4.74 Å². The van der Waals surface area contributed by atoms with Gasteiger partial charge in [0.2, 0.25) is 0 Å². The quantitative estimate of drug-likeness (QED) is 0.738. The zero-order valence-electron chi connectivity index (χ0n) is 8.51. The molecule has 16 heavy (non-hydrogen) atoms. The molecule has 0 N–H and O–H groups in total. The van der Waals surface area contributed by atoms with E-state index in [1.54, 1.807) is 18.2 Å². The summed E-state index contributed by atoms with van der Waals surface area (Å²) in [5, 5.41) is 0. The second kappa shape index (κ2) is 4.91. The molecule has 0 radical (unpaired) electrons. The second-order valence-electron chi connectivity index (χ2n) is 3.26. The van der Waals surface area contributed by atoms with Crippen molar-refractivity contribution in [3.05, 3.63) is 40.9 Å². The molecule has 0 saturated heterocycles. The number of rotatable bonds is 3. The summed E-state index contributed by atoms with van der Waals surface area (Å²) in [4.78, 5) is 0. The number of halogens is 4. The molecule has 1 rings (SSSR count). The standard InChI is InChI=1S/C11H10BrF3O/c1-3-7(2)8-4-5-10(9(12)6-8)16-11(13,14)15/h3-7H,1H2,2H3. The van der Waals surface area contributed by atoms with Gasteiger partial charge in [0.25, 0.3) is 0 Å². The highest BCUT2D eigenvalue weighted by atomic mass is 79.9. The Balaban J connectivity index is 2.96. The van der Waals surface area contributed by atoms with E-state index in [2.05, 4.69) is 27.2 Å². The fourth-order valence-electron chi connectivity index (χ4n) is 1.14. The molecule has 0 spiro atoms. The molecule has 1 aromatic rings. The zero-order valence-corrected chi connectivity index (χ0v) is 10.1. The molecule has 88 valence electrons. The van der Waals surface area contributed by atoms with Crippen molar-refractivity contribution in [2.24, 2.45) is 0 Å². The van der Waals surface area contributed by atoms with Crippen LogP contribution in [0.25, 0.3) is 0 Å². The smallest absolute Gasteiger partial charge is 0.405 e. The van der Waals surface area contributed by atoms with Crippen molar-refractivity contribution in [3.8, 4) is 5.75 Å². The molecule has 0 aliphatic carbocycles. The summed E-state index contributed by atoms with van der Waals surface area (Å²) in [5.74, 6) is -0.163. The molecular formula is C11H10BrF3O. The van der Waals surface area contributed by atoms with Crippen LogP contribution >= 0.6 is 15.9 Å². The minimum Gasteiger partial charge on any atom is -0.405 e. The van der Waals surface area contributed by atoms with E-state index in [1.165, 1.54) is 6.07 Å². The summed E-state index contributed by atoms with van der Waals surface area (Å²) >= 11 is 3.04. The van der Waals surface area contributed by atoms with E-state index in [-0.39, 0.29) is 16.1 Å². The van der Waals surface area contributed by atoms with Crippen molar-refractivity contribution in [1.29, 1.82) is 0 Å². The number of hydrogen-bond donors (Lipinski definition) is 0. The lowest BCUT2D eigenvalue weighted by atomic mass is 10.0. The molecule has 0 fully saturated rings. The Morgan fingerprint density at radius 2 is 2.06 bits per heavy atom. The minimum atomic E-state index is -4.67. The van der Waals surface area contributed by atoms with Crippen LogP contribution in [0.4, 0.5) is 13.2 Å². The number of benzene rings is 1. The van der Waals surface area contributed by atoms with Gasteiger partial charge in [-0.25, -0.2) is 0 Å². The highest BCUT2D eigenvalue weighted by molar-refractivity contribution is 9.10. The maximum absolute atomic E-state index is 12.0. The van der Waals surface area contributed by atoms with Gasteiger partial charge in [0, 0.05) is 0 Å². The van der Waals surface area contributed by atoms with Crippen molar-refractivity contribution in [3.63, 3.8) is 0 Å². The van der Waals surface area contributed by atoms with E-state index < -0.39 is 6.36 Å². The third-order valence-corrected chi connectivity index (χ3v) is 2.68. The molecule has 0 bridgehead atoms. The monoisotopic (exact) mass is 294 g/mol. The summed E-state index contributed by atoms with van der Waals surface area (Å²) in [6.45, 7) is 5.52. The van der Waals surface area contributed by atoms with Gasteiger partial charge in [0.05, 0.1) is 4.47 Å². The fraction of sp³-hybridized carbons (Fsp3) is 0.273. The largest absolute Gasteiger partial charge is 0.573 e. The van der Waals surface area contributed by atoms with E-state index in [0.717, 1.165) is 5.56 Å². The van der Waals surface area contributed by atoms with E-state index in [0.29, 0.717) is 0 Å². The van der Waals surface area contributed by atoms with Crippen LogP contribution < -0.4 is 4.74 Å². The predicted octanol–water partition coefficient (Wildman–Crippen LogP) is 4.64. The molecule has 0 heterocycles. The lowest BCUT2D eigenvalue weighted by Crippen LogP contribution is -2.17. The first-order valence-corrected chi connectivity index (χ1v) is 5.30. The minimum absolute atomic E-state index is 0.0798. The van der Waals surface area contributed by atoms with Crippen molar-refractivity contribution in [1.82, 2.24) is 0 Å². The van der Waals surface area contributed by atoms with Crippen LogP contribution in [0, 0.1) is 0 Å². The molecule has 0 saturated carbocycles. The molecule has 0 aliphatic heterocycles. The Labute approximate surface area is 100 Å². The van der Waals surface area contributed by atoms with E-state index >= 15 is 0 Å². The lowest BCUT2D eigenvalue weighted by Gasteiger charge is -2.13. The first-order chi connectivity index (χ1) is 7.33. The highest BCUT2D eigenvalue weighted by Gasteiger charge is 2.31. The van der Waals surface area contributed by atoms with Gasteiger partial charge >= 0.3 is 6.36 Å². The van der Waals surface area contributed by atoms with Crippen LogP contribution in [0.5, 0.6) is 5.75 Å². The topological polar surface area (TPSA) is 9.23 Å². The zero-order chi connectivity index (χ0) is 12.3. The summed E-state index contributed by atoms with van der Waals surface area (Å²) in [6.07, 6.45) is -2.96. The Hall–Kier alpha value is -0.970. The normalized spacial score (nSPS) is 13.3. The molecule has 0 aromatic heterocycles. The predicted molar refractivity (Wildman–Crippen MR) is 59.4 cm³/mol.